The van der Waals surface area contributed by atoms with Crippen molar-refractivity contribution in [1.82, 2.24) is 19.6 Å². The van der Waals surface area contributed by atoms with Crippen molar-refractivity contribution in [2.24, 2.45) is 0 Å². The van der Waals surface area contributed by atoms with Crippen molar-refractivity contribution in [2.45, 2.75) is 6.42 Å². The van der Waals surface area contributed by atoms with Gasteiger partial charge in [-0.2, -0.15) is 0 Å². The second-order valence-corrected chi connectivity index (χ2v) is 6.70. The lowest BCUT2D eigenvalue weighted by atomic mass is 10.2. The van der Waals surface area contributed by atoms with E-state index >= 15 is 0 Å². The number of hydrogen-bond acceptors (Lipinski definition) is 5. The summed E-state index contributed by atoms with van der Waals surface area (Å²) in [7, 11) is 0. The number of fused-ring (bicyclic) bond motifs is 1. The Morgan fingerprint density at radius 2 is 2.04 bits per heavy atom. The molecule has 0 aliphatic heterocycles. The van der Waals surface area contributed by atoms with Crippen molar-refractivity contribution in [3.05, 3.63) is 65.6 Å². The predicted molar refractivity (Wildman–Crippen MR) is 97.7 cm³/mol. The normalized spacial score (nSPS) is 11.0. The minimum atomic E-state index is 0.704. The Balaban J connectivity index is 1.46. The van der Waals surface area contributed by atoms with Gasteiger partial charge in [-0.3, -0.25) is 4.98 Å². The van der Waals surface area contributed by atoms with Gasteiger partial charge in [0.25, 0.3) is 0 Å². The smallest absolute Gasteiger partial charge is 0.214 e. The molecular weight excluding hydrogens is 342 g/mol. The molecular formula is C17H14ClN5S. The number of hydrogen-bond donors (Lipinski definition) is 1. The average Bonchev–Trinajstić information content (AvgIpc) is 3.14. The minimum absolute atomic E-state index is 0.704. The summed E-state index contributed by atoms with van der Waals surface area (Å²) in [5, 5.41) is 9.44. The first-order valence-electron chi connectivity index (χ1n) is 7.53. The van der Waals surface area contributed by atoms with Crippen LogP contribution in [0.15, 0.2) is 55.0 Å². The van der Waals surface area contributed by atoms with Crippen LogP contribution in [-0.4, -0.2) is 26.1 Å². The van der Waals surface area contributed by atoms with E-state index in [0.717, 1.165) is 34.3 Å². The molecule has 24 heavy (non-hydrogen) atoms. The van der Waals surface area contributed by atoms with Gasteiger partial charge in [0.2, 0.25) is 10.1 Å². The fraction of sp³-hybridized carbons (Fsp3) is 0.118. The molecule has 4 aromatic rings. The van der Waals surface area contributed by atoms with Gasteiger partial charge in [-0.1, -0.05) is 35.1 Å². The number of nitrogens with zero attached hydrogens (tertiary/aromatic N) is 4. The van der Waals surface area contributed by atoms with Crippen molar-refractivity contribution >= 4 is 33.0 Å². The third-order valence-corrected chi connectivity index (χ3v) is 4.72. The highest BCUT2D eigenvalue weighted by atomic mass is 35.5. The van der Waals surface area contributed by atoms with Crippen LogP contribution in [0.1, 0.15) is 5.56 Å². The Morgan fingerprint density at radius 1 is 1.17 bits per heavy atom. The van der Waals surface area contributed by atoms with Gasteiger partial charge in [0.05, 0.1) is 11.9 Å². The lowest BCUT2D eigenvalue weighted by Crippen LogP contribution is -2.04. The van der Waals surface area contributed by atoms with Crippen LogP contribution < -0.4 is 5.32 Å². The van der Waals surface area contributed by atoms with E-state index in [9.17, 15) is 0 Å². The lowest BCUT2D eigenvalue weighted by molar-refractivity contribution is 0.947. The molecule has 0 saturated carbocycles. The Hall–Kier alpha value is -2.44. The first-order valence-corrected chi connectivity index (χ1v) is 8.72. The van der Waals surface area contributed by atoms with Crippen molar-refractivity contribution in [3.8, 4) is 11.3 Å². The summed E-state index contributed by atoms with van der Waals surface area (Å²) in [6, 6.07) is 11.7. The Labute approximate surface area is 148 Å². The minimum Gasteiger partial charge on any atom is -0.360 e. The Morgan fingerprint density at radius 3 is 2.83 bits per heavy atom. The zero-order valence-electron chi connectivity index (χ0n) is 12.7. The van der Waals surface area contributed by atoms with Crippen molar-refractivity contribution in [1.29, 1.82) is 0 Å². The zero-order valence-corrected chi connectivity index (χ0v) is 14.3. The van der Waals surface area contributed by atoms with E-state index in [1.54, 1.807) is 4.52 Å². The monoisotopic (exact) mass is 355 g/mol. The highest BCUT2D eigenvalue weighted by Crippen LogP contribution is 2.26. The molecule has 0 unspecified atom stereocenters. The van der Waals surface area contributed by atoms with Gasteiger partial charge in [0, 0.05) is 29.5 Å². The standard InChI is InChI=1S/C17H14ClN5S/c18-14-3-1-2-13(10-14)15-11-23-17(21-15)24-16(22-23)20-9-6-12-4-7-19-8-5-12/h1-5,7-8,10-11H,6,9H2,(H,20,22). The zero-order chi connectivity index (χ0) is 16.4. The molecule has 0 amide bonds. The number of nitrogens with one attached hydrogen (secondary N) is 1. The van der Waals surface area contributed by atoms with Crippen LogP contribution in [0.3, 0.4) is 0 Å². The van der Waals surface area contributed by atoms with Crippen LogP contribution in [-0.2, 0) is 6.42 Å². The molecule has 5 nitrogen and oxygen atoms in total. The second-order valence-electron chi connectivity index (χ2n) is 5.30. The largest absolute Gasteiger partial charge is 0.360 e. The molecule has 1 aromatic carbocycles. The van der Waals surface area contributed by atoms with Gasteiger partial charge >= 0.3 is 0 Å². The number of rotatable bonds is 5. The highest BCUT2D eigenvalue weighted by Gasteiger charge is 2.09. The van der Waals surface area contributed by atoms with Gasteiger partial charge < -0.3 is 5.32 Å². The molecule has 7 heteroatoms. The lowest BCUT2D eigenvalue weighted by Gasteiger charge is -2.01. The van der Waals surface area contributed by atoms with E-state index < -0.39 is 0 Å². The molecule has 3 heterocycles. The number of halogens is 1. The second kappa shape index (κ2) is 6.59. The fourth-order valence-electron chi connectivity index (χ4n) is 2.42. The van der Waals surface area contributed by atoms with Crippen LogP contribution in [0.2, 0.25) is 5.02 Å². The first-order chi connectivity index (χ1) is 11.8. The van der Waals surface area contributed by atoms with E-state index in [1.807, 2.05) is 55.0 Å². The molecule has 0 saturated heterocycles. The van der Waals surface area contributed by atoms with Crippen LogP contribution in [0, 0.1) is 0 Å². The molecule has 0 spiro atoms. The molecule has 0 atom stereocenters. The summed E-state index contributed by atoms with van der Waals surface area (Å²) in [4.78, 5) is 9.50. The molecule has 1 N–H and O–H groups in total. The van der Waals surface area contributed by atoms with Gasteiger partial charge in [-0.25, -0.2) is 9.50 Å². The van der Waals surface area contributed by atoms with E-state index in [0.29, 0.717) is 5.02 Å². The van der Waals surface area contributed by atoms with E-state index in [1.165, 1.54) is 16.9 Å². The molecule has 4 rings (SSSR count). The summed E-state index contributed by atoms with van der Waals surface area (Å²) in [5.74, 6) is 0. The van der Waals surface area contributed by atoms with Crippen LogP contribution in [0.4, 0.5) is 5.13 Å². The quantitative estimate of drug-likeness (QED) is 0.584. The van der Waals surface area contributed by atoms with E-state index in [4.69, 9.17) is 11.6 Å². The maximum absolute atomic E-state index is 6.04. The number of anilines is 1. The van der Waals surface area contributed by atoms with Crippen LogP contribution in [0.5, 0.6) is 0 Å². The third kappa shape index (κ3) is 3.25. The van der Waals surface area contributed by atoms with Crippen LogP contribution >= 0.6 is 22.9 Å². The summed E-state index contributed by atoms with van der Waals surface area (Å²) in [6.45, 7) is 0.821. The fourth-order valence-corrected chi connectivity index (χ4v) is 3.42. The average molecular weight is 356 g/mol. The molecule has 0 radical (unpaired) electrons. The first kappa shape index (κ1) is 15.1. The SMILES string of the molecule is Clc1cccc(-c2cn3nc(NCCc4ccncc4)sc3n2)c1. The van der Waals surface area contributed by atoms with Crippen LogP contribution in [0.25, 0.3) is 16.2 Å². The molecule has 0 aliphatic carbocycles. The van der Waals surface area contributed by atoms with E-state index in [-0.39, 0.29) is 0 Å². The van der Waals surface area contributed by atoms with E-state index in [2.05, 4.69) is 20.4 Å². The van der Waals surface area contributed by atoms with Gasteiger partial charge in [0.15, 0.2) is 0 Å². The van der Waals surface area contributed by atoms with Crippen molar-refractivity contribution in [2.75, 3.05) is 11.9 Å². The summed E-state index contributed by atoms with van der Waals surface area (Å²) >= 11 is 7.58. The van der Waals surface area contributed by atoms with Gasteiger partial charge in [0.1, 0.15) is 0 Å². The summed E-state index contributed by atoms with van der Waals surface area (Å²) in [6.07, 6.45) is 6.47. The van der Waals surface area contributed by atoms with Crippen molar-refractivity contribution < 1.29 is 0 Å². The molecule has 0 aliphatic rings. The third-order valence-electron chi connectivity index (χ3n) is 3.60. The molecule has 0 bridgehead atoms. The summed E-state index contributed by atoms with van der Waals surface area (Å²) in [5.41, 5.74) is 3.12. The topological polar surface area (TPSA) is 55.1 Å². The number of pyridine rings is 1. The van der Waals surface area contributed by atoms with Crippen molar-refractivity contribution in [3.63, 3.8) is 0 Å². The van der Waals surface area contributed by atoms with Gasteiger partial charge in [-0.05, 0) is 36.2 Å². The van der Waals surface area contributed by atoms with Gasteiger partial charge in [-0.15, -0.1) is 5.10 Å². The number of aromatic nitrogens is 4. The number of benzene rings is 1. The maximum atomic E-state index is 6.04. The number of imidazole rings is 1. The summed E-state index contributed by atoms with van der Waals surface area (Å²) < 4.78 is 1.80. The predicted octanol–water partition coefficient (Wildman–Crippen LogP) is 4.16. The highest BCUT2D eigenvalue weighted by molar-refractivity contribution is 7.20. The Kier molecular flexibility index (Phi) is 4.15. The molecule has 3 aromatic heterocycles. The molecule has 120 valence electrons. The maximum Gasteiger partial charge on any atom is 0.214 e. The Bertz CT molecular complexity index is 932. The molecule has 0 fully saturated rings.